The summed E-state index contributed by atoms with van der Waals surface area (Å²) >= 11 is 2.74. The number of aryl methyl sites for hydroxylation is 1. The van der Waals surface area contributed by atoms with E-state index in [9.17, 15) is 4.79 Å². The standard InChI is InChI=1S/C13H20N2O2S.CH2.Ta/c1-11-3-4-12(18-11)13(16)14-5-2-6-15-7-9-17-10-8-15;;/h3-4H,2,5-10H2,1H3,(H,14,16);1H2;. The van der Waals surface area contributed by atoms with Gasteiger partial charge in [0, 0.05) is 24.5 Å². The molecule has 0 radical (unpaired) electrons. The Morgan fingerprint density at radius 1 is 1.45 bits per heavy atom. The van der Waals surface area contributed by atoms with Crippen molar-refractivity contribution in [2.75, 3.05) is 39.4 Å². The molecule has 111 valence electrons. The van der Waals surface area contributed by atoms with Crippen molar-refractivity contribution in [3.8, 4) is 0 Å². The summed E-state index contributed by atoms with van der Waals surface area (Å²) < 4.78 is 8.66. The number of hydrogen-bond donors (Lipinski definition) is 1. The number of carbonyl (C=O) groups excluding carboxylic acids is 1. The second kappa shape index (κ2) is 10.4. The van der Waals surface area contributed by atoms with E-state index in [0.717, 1.165) is 50.7 Å². The van der Waals surface area contributed by atoms with Crippen molar-refractivity contribution in [3.05, 3.63) is 21.9 Å². The molecular formula is C14H22N2O2STa. The van der Waals surface area contributed by atoms with Crippen LogP contribution >= 0.6 is 11.3 Å². The third kappa shape index (κ3) is 6.43. The maximum atomic E-state index is 11.8. The molecule has 6 heteroatoms. The first-order chi connectivity index (χ1) is 9.75. The number of amides is 1. The van der Waals surface area contributed by atoms with Gasteiger partial charge in [-0.15, -0.1) is 11.3 Å². The van der Waals surface area contributed by atoms with Gasteiger partial charge in [0.2, 0.25) is 0 Å². The Balaban J connectivity index is 0.000000956. The van der Waals surface area contributed by atoms with Gasteiger partial charge in [0.25, 0.3) is 5.91 Å². The molecule has 0 aliphatic carbocycles. The van der Waals surface area contributed by atoms with E-state index >= 15 is 0 Å². The van der Waals surface area contributed by atoms with E-state index in [-0.39, 0.29) is 5.91 Å². The van der Waals surface area contributed by atoms with Gasteiger partial charge in [0.1, 0.15) is 0 Å². The minimum atomic E-state index is 0.0510. The zero-order valence-corrected chi connectivity index (χ0v) is 16.0. The number of morpholine rings is 1. The average Bonchev–Trinajstić information content (AvgIpc) is 2.93. The van der Waals surface area contributed by atoms with Crippen LogP contribution in [0, 0.1) is 6.92 Å². The summed E-state index contributed by atoms with van der Waals surface area (Å²) in [5.74, 6) is 0.0510. The normalized spacial score (nSPS) is 15.2. The quantitative estimate of drug-likeness (QED) is 0.673. The van der Waals surface area contributed by atoms with E-state index in [1.807, 2.05) is 19.1 Å². The Kier molecular flexibility index (Phi) is 9.26. The van der Waals surface area contributed by atoms with Crippen molar-refractivity contribution in [2.45, 2.75) is 13.3 Å². The van der Waals surface area contributed by atoms with Crippen LogP contribution in [0.5, 0.6) is 0 Å². The van der Waals surface area contributed by atoms with E-state index in [0.29, 0.717) is 0 Å². The molecule has 0 bridgehead atoms. The molecule has 0 aromatic carbocycles. The Morgan fingerprint density at radius 3 is 2.75 bits per heavy atom. The summed E-state index contributed by atoms with van der Waals surface area (Å²) in [7, 11) is 0. The number of nitrogens with one attached hydrogen (secondary N) is 1. The van der Waals surface area contributed by atoms with Crippen molar-refractivity contribution in [2.24, 2.45) is 0 Å². The van der Waals surface area contributed by atoms with E-state index in [4.69, 9.17) is 4.74 Å². The number of carbonyl (C=O) groups is 1. The monoisotopic (exact) mass is 463 g/mol. The average molecular weight is 463 g/mol. The Morgan fingerprint density at radius 2 is 2.15 bits per heavy atom. The summed E-state index contributed by atoms with van der Waals surface area (Å²) in [6.07, 6.45) is 0.996. The molecule has 0 spiro atoms. The predicted molar refractivity (Wildman–Crippen MR) is 80.4 cm³/mol. The molecule has 0 atom stereocenters. The number of thiophene rings is 1. The molecule has 1 N–H and O–H groups in total. The number of ether oxygens (including phenoxy) is 1. The molecule has 1 amide bonds. The molecule has 1 fully saturated rings. The Labute approximate surface area is 136 Å². The fourth-order valence-corrected chi connectivity index (χ4v) is 2.76. The van der Waals surface area contributed by atoms with Crippen LogP contribution in [0.3, 0.4) is 0 Å². The minimum absolute atomic E-state index is 0.0510. The van der Waals surface area contributed by atoms with Crippen LogP contribution in [0.2, 0.25) is 0 Å². The summed E-state index contributed by atoms with van der Waals surface area (Å²) in [5, 5.41) is 2.97. The molecule has 2 rings (SSSR count). The van der Waals surface area contributed by atoms with E-state index in [1.54, 1.807) is 11.3 Å². The van der Waals surface area contributed by atoms with Crippen LogP contribution in [-0.4, -0.2) is 54.9 Å². The molecule has 1 aromatic heterocycles. The van der Waals surface area contributed by atoms with Gasteiger partial charge in [-0.2, -0.15) is 0 Å². The first-order valence-electron chi connectivity index (χ1n) is 6.72. The van der Waals surface area contributed by atoms with Gasteiger partial charge in [-0.25, -0.2) is 0 Å². The fourth-order valence-electron chi connectivity index (χ4n) is 1.97. The molecule has 1 aliphatic rings. The van der Waals surface area contributed by atoms with Crippen molar-refractivity contribution in [1.82, 2.24) is 10.2 Å². The molecule has 20 heavy (non-hydrogen) atoms. The van der Waals surface area contributed by atoms with Crippen LogP contribution in [-0.2, 0) is 25.3 Å². The summed E-state index contributed by atoms with van der Waals surface area (Å²) in [6, 6.07) is 3.87. The van der Waals surface area contributed by atoms with Crippen molar-refractivity contribution in [3.63, 3.8) is 0 Å². The molecule has 0 saturated carbocycles. The molecule has 1 aromatic rings. The van der Waals surface area contributed by atoms with E-state index in [2.05, 4.69) is 14.9 Å². The second-order valence-electron chi connectivity index (χ2n) is 4.47. The number of nitrogens with zero attached hydrogens (tertiary/aromatic N) is 1. The fraction of sp³-hybridized carbons (Fsp3) is 0.571. The molecule has 1 saturated heterocycles. The van der Waals surface area contributed by atoms with Gasteiger partial charge in [0.05, 0.1) is 18.1 Å². The van der Waals surface area contributed by atoms with Gasteiger partial charge in [-0.3, -0.25) is 9.69 Å². The molecule has 1 aliphatic heterocycles. The Bertz CT molecular complexity index is 406. The number of hydrogen-bond acceptors (Lipinski definition) is 4. The predicted octanol–water partition coefficient (Wildman–Crippen LogP) is 1.47. The van der Waals surface area contributed by atoms with Crippen molar-refractivity contribution < 1.29 is 30.1 Å². The molecular weight excluding hydrogens is 441 g/mol. The van der Waals surface area contributed by atoms with Crippen LogP contribution in [0.1, 0.15) is 21.0 Å². The summed E-state index contributed by atoms with van der Waals surface area (Å²) in [6.45, 7) is 7.48. The van der Waals surface area contributed by atoms with Gasteiger partial charge >= 0.3 is 25.3 Å². The van der Waals surface area contributed by atoms with Crippen LogP contribution in [0.25, 0.3) is 0 Å². The van der Waals surface area contributed by atoms with Crippen molar-refractivity contribution in [1.29, 1.82) is 0 Å². The van der Waals surface area contributed by atoms with Crippen LogP contribution in [0.15, 0.2) is 12.1 Å². The number of rotatable bonds is 5. The molecule has 2 heterocycles. The topological polar surface area (TPSA) is 41.6 Å². The van der Waals surface area contributed by atoms with Crippen molar-refractivity contribution >= 4 is 22.0 Å². The zero-order valence-electron chi connectivity index (χ0n) is 11.9. The Hall–Kier alpha value is -0.300. The summed E-state index contributed by atoms with van der Waals surface area (Å²) in [5.41, 5.74) is 0. The third-order valence-electron chi connectivity index (χ3n) is 3.00. The van der Waals surface area contributed by atoms with Crippen LogP contribution in [0.4, 0.5) is 0 Å². The van der Waals surface area contributed by atoms with Gasteiger partial charge in [-0.1, -0.05) is 0 Å². The first kappa shape index (κ1) is 17.8. The van der Waals surface area contributed by atoms with Gasteiger partial charge in [0.15, 0.2) is 0 Å². The zero-order chi connectivity index (χ0) is 14.8. The summed E-state index contributed by atoms with van der Waals surface area (Å²) in [4.78, 5) is 16.1. The first-order valence-corrected chi connectivity index (χ1v) is 9.81. The van der Waals surface area contributed by atoms with Crippen LogP contribution < -0.4 is 5.32 Å². The molecule has 0 unspecified atom stereocenters. The second-order valence-corrected chi connectivity index (χ2v) is 5.76. The van der Waals surface area contributed by atoms with E-state index < -0.39 is 0 Å². The van der Waals surface area contributed by atoms with Gasteiger partial charge in [-0.05, 0) is 32.0 Å². The molecule has 4 nitrogen and oxygen atoms in total. The van der Waals surface area contributed by atoms with E-state index in [1.165, 1.54) is 25.5 Å². The van der Waals surface area contributed by atoms with Gasteiger partial charge < -0.3 is 10.1 Å². The SMILES string of the molecule is Cc1ccc(C(=O)NCCCN2CCOCC2)s1.[CH2]=[Ta]. The maximum absolute atomic E-state index is 11.8. The third-order valence-corrected chi connectivity index (χ3v) is 4.00.